The van der Waals surface area contributed by atoms with Gasteiger partial charge in [0.15, 0.2) is 0 Å². The van der Waals surface area contributed by atoms with Gasteiger partial charge in [0.2, 0.25) is 0 Å². The fourth-order valence-corrected chi connectivity index (χ4v) is 2.83. The summed E-state index contributed by atoms with van der Waals surface area (Å²) in [5.74, 6) is 0.613. The normalized spacial score (nSPS) is 23.5. The molecule has 2 rings (SSSR count). The van der Waals surface area contributed by atoms with E-state index in [0.29, 0.717) is 12.0 Å². The van der Waals surface area contributed by atoms with Gasteiger partial charge < -0.3 is 10.1 Å². The fraction of sp³-hybridized carbons (Fsp3) is 0.647. The predicted molar refractivity (Wildman–Crippen MR) is 80.6 cm³/mol. The van der Waals surface area contributed by atoms with Gasteiger partial charge in [0.25, 0.3) is 0 Å². The number of nitrogens with one attached hydrogen (secondary N) is 1. The Morgan fingerprint density at radius 1 is 1.26 bits per heavy atom. The standard InChI is InChI=1S/C17H27NO/c1-4-8-18-17-7-9-19-12-16(17)11-15-6-5-13(2)14(3)10-15/h5-6,10,16-18H,4,7-9,11-12H2,1-3H3. The molecule has 0 aromatic heterocycles. The summed E-state index contributed by atoms with van der Waals surface area (Å²) in [6.07, 6.45) is 3.48. The van der Waals surface area contributed by atoms with E-state index < -0.39 is 0 Å². The van der Waals surface area contributed by atoms with Gasteiger partial charge in [-0.15, -0.1) is 0 Å². The molecule has 1 aromatic carbocycles. The van der Waals surface area contributed by atoms with Gasteiger partial charge in [0.05, 0.1) is 6.61 Å². The molecule has 1 aliphatic rings. The van der Waals surface area contributed by atoms with Gasteiger partial charge in [-0.1, -0.05) is 25.1 Å². The number of rotatable bonds is 5. The second-order valence-corrected chi connectivity index (χ2v) is 5.81. The van der Waals surface area contributed by atoms with Gasteiger partial charge in [-0.05, 0) is 56.3 Å². The molecule has 2 nitrogen and oxygen atoms in total. The smallest absolute Gasteiger partial charge is 0.0512 e. The van der Waals surface area contributed by atoms with Gasteiger partial charge in [0.1, 0.15) is 0 Å². The van der Waals surface area contributed by atoms with Crippen LogP contribution in [-0.2, 0) is 11.2 Å². The summed E-state index contributed by atoms with van der Waals surface area (Å²) in [5, 5.41) is 3.69. The molecule has 1 heterocycles. The first kappa shape index (κ1) is 14.5. The molecule has 2 atom stereocenters. The summed E-state index contributed by atoms with van der Waals surface area (Å²) >= 11 is 0. The SMILES string of the molecule is CCCNC1CCOCC1Cc1ccc(C)c(C)c1. The minimum Gasteiger partial charge on any atom is -0.381 e. The van der Waals surface area contributed by atoms with Crippen LogP contribution in [-0.4, -0.2) is 25.8 Å². The Balaban J connectivity index is 1.99. The fourth-order valence-electron chi connectivity index (χ4n) is 2.83. The molecule has 0 bridgehead atoms. The second kappa shape index (κ2) is 7.06. The lowest BCUT2D eigenvalue weighted by Crippen LogP contribution is -2.44. The molecule has 19 heavy (non-hydrogen) atoms. The molecular formula is C17H27NO. The largest absolute Gasteiger partial charge is 0.381 e. The highest BCUT2D eigenvalue weighted by atomic mass is 16.5. The van der Waals surface area contributed by atoms with Crippen LogP contribution in [0.1, 0.15) is 36.5 Å². The molecule has 1 aromatic rings. The van der Waals surface area contributed by atoms with Gasteiger partial charge >= 0.3 is 0 Å². The Morgan fingerprint density at radius 3 is 2.84 bits per heavy atom. The molecule has 1 aliphatic heterocycles. The monoisotopic (exact) mass is 261 g/mol. The zero-order valence-electron chi connectivity index (χ0n) is 12.5. The van der Waals surface area contributed by atoms with Crippen molar-refractivity contribution in [2.24, 2.45) is 5.92 Å². The van der Waals surface area contributed by atoms with Crippen LogP contribution >= 0.6 is 0 Å². The van der Waals surface area contributed by atoms with E-state index in [0.717, 1.165) is 32.6 Å². The van der Waals surface area contributed by atoms with Crippen molar-refractivity contribution in [2.45, 2.75) is 46.1 Å². The van der Waals surface area contributed by atoms with E-state index in [1.807, 2.05) is 0 Å². The zero-order valence-corrected chi connectivity index (χ0v) is 12.5. The molecule has 0 saturated carbocycles. The van der Waals surface area contributed by atoms with Crippen LogP contribution < -0.4 is 5.32 Å². The molecule has 0 amide bonds. The van der Waals surface area contributed by atoms with Gasteiger partial charge in [-0.25, -0.2) is 0 Å². The number of hydrogen-bond donors (Lipinski definition) is 1. The van der Waals surface area contributed by atoms with Crippen molar-refractivity contribution in [3.63, 3.8) is 0 Å². The van der Waals surface area contributed by atoms with E-state index in [4.69, 9.17) is 4.74 Å². The Labute approximate surface area is 117 Å². The van der Waals surface area contributed by atoms with Gasteiger partial charge in [0, 0.05) is 18.6 Å². The number of hydrogen-bond acceptors (Lipinski definition) is 2. The highest BCUT2D eigenvalue weighted by molar-refractivity contribution is 5.30. The van der Waals surface area contributed by atoms with E-state index in [1.54, 1.807) is 0 Å². The third kappa shape index (κ3) is 4.05. The topological polar surface area (TPSA) is 21.3 Å². The lowest BCUT2D eigenvalue weighted by molar-refractivity contribution is 0.0323. The summed E-state index contributed by atoms with van der Waals surface area (Å²) in [5.41, 5.74) is 4.22. The third-order valence-corrected chi connectivity index (χ3v) is 4.20. The molecule has 0 spiro atoms. The molecule has 106 valence electrons. The molecular weight excluding hydrogens is 234 g/mol. The molecule has 1 fully saturated rings. The van der Waals surface area contributed by atoms with Crippen LogP contribution in [0.2, 0.25) is 0 Å². The van der Waals surface area contributed by atoms with Crippen LogP contribution in [0.5, 0.6) is 0 Å². The third-order valence-electron chi connectivity index (χ3n) is 4.20. The van der Waals surface area contributed by atoms with E-state index >= 15 is 0 Å². The van der Waals surface area contributed by atoms with Crippen LogP contribution in [0.15, 0.2) is 18.2 Å². The van der Waals surface area contributed by atoms with E-state index in [1.165, 1.54) is 23.1 Å². The van der Waals surface area contributed by atoms with Gasteiger partial charge in [-0.3, -0.25) is 0 Å². The number of benzene rings is 1. The average molecular weight is 261 g/mol. The Bertz CT molecular complexity index is 402. The summed E-state index contributed by atoms with van der Waals surface area (Å²) in [4.78, 5) is 0. The van der Waals surface area contributed by atoms with E-state index in [9.17, 15) is 0 Å². The summed E-state index contributed by atoms with van der Waals surface area (Å²) in [7, 11) is 0. The number of aryl methyl sites for hydroxylation is 2. The Hall–Kier alpha value is -0.860. The van der Waals surface area contributed by atoms with Crippen molar-refractivity contribution in [2.75, 3.05) is 19.8 Å². The molecule has 0 aliphatic carbocycles. The summed E-state index contributed by atoms with van der Waals surface area (Å²) in [6, 6.07) is 7.47. The lowest BCUT2D eigenvalue weighted by Gasteiger charge is -2.32. The minimum atomic E-state index is 0.613. The van der Waals surface area contributed by atoms with E-state index in [2.05, 4.69) is 44.3 Å². The summed E-state index contributed by atoms with van der Waals surface area (Å²) in [6.45, 7) is 9.52. The molecule has 2 heteroatoms. The first-order valence-corrected chi connectivity index (χ1v) is 7.58. The van der Waals surface area contributed by atoms with Crippen molar-refractivity contribution >= 4 is 0 Å². The zero-order chi connectivity index (χ0) is 13.7. The maximum Gasteiger partial charge on any atom is 0.0512 e. The van der Waals surface area contributed by atoms with Crippen molar-refractivity contribution in [3.05, 3.63) is 34.9 Å². The quantitative estimate of drug-likeness (QED) is 0.878. The van der Waals surface area contributed by atoms with Crippen molar-refractivity contribution in [3.8, 4) is 0 Å². The van der Waals surface area contributed by atoms with E-state index in [-0.39, 0.29) is 0 Å². The number of ether oxygens (including phenoxy) is 1. The maximum absolute atomic E-state index is 5.68. The first-order chi connectivity index (χ1) is 9.20. The lowest BCUT2D eigenvalue weighted by atomic mass is 9.88. The van der Waals surface area contributed by atoms with Crippen molar-refractivity contribution in [1.29, 1.82) is 0 Å². The van der Waals surface area contributed by atoms with Crippen LogP contribution in [0.25, 0.3) is 0 Å². The Kier molecular flexibility index (Phi) is 5.41. The highest BCUT2D eigenvalue weighted by Crippen LogP contribution is 2.21. The highest BCUT2D eigenvalue weighted by Gasteiger charge is 2.25. The molecule has 1 N–H and O–H groups in total. The Morgan fingerprint density at radius 2 is 2.11 bits per heavy atom. The van der Waals surface area contributed by atoms with Crippen LogP contribution in [0.4, 0.5) is 0 Å². The molecule has 1 saturated heterocycles. The first-order valence-electron chi connectivity index (χ1n) is 7.58. The van der Waals surface area contributed by atoms with Crippen LogP contribution in [0, 0.1) is 19.8 Å². The predicted octanol–water partition coefficient (Wildman–Crippen LogP) is 3.25. The van der Waals surface area contributed by atoms with Crippen molar-refractivity contribution in [1.82, 2.24) is 5.32 Å². The average Bonchev–Trinajstić information content (AvgIpc) is 2.42. The van der Waals surface area contributed by atoms with Gasteiger partial charge in [-0.2, -0.15) is 0 Å². The second-order valence-electron chi connectivity index (χ2n) is 5.81. The van der Waals surface area contributed by atoms with Crippen LogP contribution in [0.3, 0.4) is 0 Å². The molecule has 2 unspecified atom stereocenters. The maximum atomic E-state index is 5.68. The molecule has 0 radical (unpaired) electrons. The minimum absolute atomic E-state index is 0.613. The summed E-state index contributed by atoms with van der Waals surface area (Å²) < 4.78 is 5.68. The van der Waals surface area contributed by atoms with Crippen molar-refractivity contribution < 1.29 is 4.74 Å².